The van der Waals surface area contributed by atoms with E-state index in [4.69, 9.17) is 0 Å². The van der Waals surface area contributed by atoms with Gasteiger partial charge >= 0.3 is 0 Å². The Morgan fingerprint density at radius 2 is 2.00 bits per heavy atom. The molecule has 88 valence electrons. The minimum atomic E-state index is -0.548. The van der Waals surface area contributed by atoms with Crippen molar-refractivity contribution in [2.45, 2.75) is 32.3 Å². The van der Waals surface area contributed by atoms with Crippen LogP contribution in [0.3, 0.4) is 0 Å². The molecule has 0 saturated carbocycles. The van der Waals surface area contributed by atoms with Crippen molar-refractivity contribution >= 4 is 11.8 Å². The van der Waals surface area contributed by atoms with E-state index in [2.05, 4.69) is 18.8 Å². The van der Waals surface area contributed by atoms with E-state index < -0.39 is 5.60 Å². The zero-order chi connectivity index (χ0) is 11.6. The summed E-state index contributed by atoms with van der Waals surface area (Å²) < 4.78 is 0. The lowest BCUT2D eigenvalue weighted by atomic mass is 9.79. The summed E-state index contributed by atoms with van der Waals surface area (Å²) in [5.41, 5.74) is 0.870. The lowest BCUT2D eigenvalue weighted by Gasteiger charge is -2.41. The van der Waals surface area contributed by atoms with Crippen molar-refractivity contribution < 1.29 is 5.11 Å². The molecule has 2 rings (SSSR count). The Kier molecular flexibility index (Phi) is 3.27. The van der Waals surface area contributed by atoms with E-state index in [0.29, 0.717) is 0 Å². The largest absolute Gasteiger partial charge is 0.389 e. The number of thioether (sulfide) groups is 1. The zero-order valence-corrected chi connectivity index (χ0v) is 10.8. The molecule has 0 spiro atoms. The first-order valence-corrected chi connectivity index (χ1v) is 6.84. The number of aliphatic hydroxyl groups is 1. The Labute approximate surface area is 101 Å². The van der Waals surface area contributed by atoms with E-state index in [9.17, 15) is 5.11 Å². The standard InChI is InChI=1S/C13H19NOS/c1-12(2)8-13(15,10-16-9-12)7-11-3-5-14-6-4-11/h3-6,15H,7-10H2,1-2H3. The fraction of sp³-hybridized carbons (Fsp3) is 0.615. The van der Waals surface area contributed by atoms with E-state index in [0.717, 1.165) is 24.3 Å². The van der Waals surface area contributed by atoms with Gasteiger partial charge in [0.05, 0.1) is 5.60 Å². The number of aromatic nitrogens is 1. The van der Waals surface area contributed by atoms with Gasteiger partial charge in [-0.3, -0.25) is 4.98 Å². The summed E-state index contributed by atoms with van der Waals surface area (Å²) in [6.07, 6.45) is 5.21. The van der Waals surface area contributed by atoms with Crippen molar-refractivity contribution in [3.05, 3.63) is 30.1 Å². The number of hydrogen-bond donors (Lipinski definition) is 1. The van der Waals surface area contributed by atoms with Gasteiger partial charge in [0, 0.05) is 24.6 Å². The molecule has 0 aliphatic carbocycles. The Bertz CT molecular complexity index is 352. The van der Waals surface area contributed by atoms with Crippen molar-refractivity contribution in [3.63, 3.8) is 0 Å². The van der Waals surface area contributed by atoms with Gasteiger partial charge in [0.15, 0.2) is 0 Å². The normalized spacial score (nSPS) is 28.9. The molecule has 1 atom stereocenters. The molecule has 3 heteroatoms. The first-order valence-electron chi connectivity index (χ1n) is 5.68. The van der Waals surface area contributed by atoms with Crippen LogP contribution < -0.4 is 0 Å². The molecule has 1 fully saturated rings. The van der Waals surface area contributed by atoms with Crippen LogP contribution in [0.25, 0.3) is 0 Å². The molecule has 1 unspecified atom stereocenters. The van der Waals surface area contributed by atoms with Crippen molar-refractivity contribution in [2.24, 2.45) is 5.41 Å². The number of rotatable bonds is 2. The first-order chi connectivity index (χ1) is 7.49. The molecule has 1 aliphatic rings. The molecule has 1 aliphatic heterocycles. The second-order valence-electron chi connectivity index (χ2n) is 5.59. The molecule has 1 N–H and O–H groups in total. The summed E-state index contributed by atoms with van der Waals surface area (Å²) in [5.74, 6) is 1.99. The minimum Gasteiger partial charge on any atom is -0.389 e. The second kappa shape index (κ2) is 4.38. The second-order valence-corrected chi connectivity index (χ2v) is 6.58. The lowest BCUT2D eigenvalue weighted by molar-refractivity contribution is 0.0200. The fourth-order valence-corrected chi connectivity index (χ4v) is 3.85. The van der Waals surface area contributed by atoms with Crippen LogP contribution in [0.15, 0.2) is 24.5 Å². The highest BCUT2D eigenvalue weighted by Crippen LogP contribution is 2.40. The topological polar surface area (TPSA) is 33.1 Å². The van der Waals surface area contributed by atoms with Crippen molar-refractivity contribution in [1.82, 2.24) is 4.98 Å². The van der Waals surface area contributed by atoms with Crippen LogP contribution in [0, 0.1) is 5.41 Å². The van der Waals surface area contributed by atoms with Gasteiger partial charge in [-0.15, -0.1) is 0 Å². The Morgan fingerprint density at radius 3 is 2.62 bits per heavy atom. The van der Waals surface area contributed by atoms with Crippen LogP contribution in [0.1, 0.15) is 25.8 Å². The molecular formula is C13H19NOS. The summed E-state index contributed by atoms with van der Waals surface area (Å²) in [5, 5.41) is 10.6. The van der Waals surface area contributed by atoms with Gasteiger partial charge in [0.25, 0.3) is 0 Å². The quantitative estimate of drug-likeness (QED) is 0.858. The van der Waals surface area contributed by atoms with Crippen LogP contribution in [0.5, 0.6) is 0 Å². The third kappa shape index (κ3) is 2.98. The average molecular weight is 237 g/mol. The summed E-state index contributed by atoms with van der Waals surface area (Å²) in [6, 6.07) is 3.98. The van der Waals surface area contributed by atoms with Gasteiger partial charge in [-0.1, -0.05) is 13.8 Å². The molecule has 1 aromatic rings. The highest BCUT2D eigenvalue weighted by Gasteiger charge is 2.38. The molecule has 0 bridgehead atoms. The van der Waals surface area contributed by atoms with Crippen LogP contribution >= 0.6 is 11.8 Å². The maximum atomic E-state index is 10.6. The van der Waals surface area contributed by atoms with Crippen molar-refractivity contribution in [2.75, 3.05) is 11.5 Å². The molecule has 1 saturated heterocycles. The lowest BCUT2D eigenvalue weighted by Crippen LogP contribution is -2.44. The fourth-order valence-electron chi connectivity index (χ4n) is 2.50. The average Bonchev–Trinajstić information content (AvgIpc) is 2.16. The third-order valence-corrected chi connectivity index (χ3v) is 4.68. The third-order valence-electron chi connectivity index (χ3n) is 2.95. The van der Waals surface area contributed by atoms with Gasteiger partial charge in [-0.05, 0) is 35.3 Å². The smallest absolute Gasteiger partial charge is 0.0783 e. The van der Waals surface area contributed by atoms with Gasteiger partial charge in [0.2, 0.25) is 0 Å². The maximum absolute atomic E-state index is 10.6. The summed E-state index contributed by atoms with van der Waals surface area (Å²) >= 11 is 1.86. The van der Waals surface area contributed by atoms with E-state index >= 15 is 0 Å². The van der Waals surface area contributed by atoms with E-state index in [1.165, 1.54) is 5.56 Å². The number of hydrogen-bond acceptors (Lipinski definition) is 3. The highest BCUT2D eigenvalue weighted by molar-refractivity contribution is 7.99. The highest BCUT2D eigenvalue weighted by atomic mass is 32.2. The van der Waals surface area contributed by atoms with Crippen LogP contribution in [-0.2, 0) is 6.42 Å². The van der Waals surface area contributed by atoms with Crippen molar-refractivity contribution in [3.8, 4) is 0 Å². The zero-order valence-electron chi connectivity index (χ0n) is 9.94. The molecule has 0 aromatic carbocycles. The predicted octanol–water partition coefficient (Wildman–Crippen LogP) is 2.52. The molecule has 16 heavy (non-hydrogen) atoms. The van der Waals surface area contributed by atoms with E-state index in [1.54, 1.807) is 12.4 Å². The maximum Gasteiger partial charge on any atom is 0.0783 e. The van der Waals surface area contributed by atoms with Gasteiger partial charge in [-0.25, -0.2) is 0 Å². The molecule has 0 amide bonds. The molecule has 0 radical (unpaired) electrons. The monoisotopic (exact) mass is 237 g/mol. The Balaban J connectivity index is 2.08. The Morgan fingerprint density at radius 1 is 1.31 bits per heavy atom. The molecular weight excluding hydrogens is 218 g/mol. The van der Waals surface area contributed by atoms with Crippen molar-refractivity contribution in [1.29, 1.82) is 0 Å². The summed E-state index contributed by atoms with van der Waals surface area (Å²) in [4.78, 5) is 4.00. The van der Waals surface area contributed by atoms with Gasteiger partial charge < -0.3 is 5.11 Å². The van der Waals surface area contributed by atoms with Gasteiger partial charge in [-0.2, -0.15) is 11.8 Å². The predicted molar refractivity (Wildman–Crippen MR) is 68.6 cm³/mol. The molecule has 1 aromatic heterocycles. The first kappa shape index (κ1) is 11.9. The van der Waals surface area contributed by atoms with Crippen LogP contribution in [-0.4, -0.2) is 27.2 Å². The molecule has 2 heterocycles. The Hall–Kier alpha value is -0.540. The minimum absolute atomic E-state index is 0.241. The van der Waals surface area contributed by atoms with Crippen LogP contribution in [0.2, 0.25) is 0 Å². The summed E-state index contributed by atoms with van der Waals surface area (Å²) in [6.45, 7) is 4.47. The number of nitrogens with zero attached hydrogens (tertiary/aromatic N) is 1. The SMILES string of the molecule is CC1(C)CSCC(O)(Cc2ccncc2)C1. The van der Waals surface area contributed by atoms with E-state index in [1.807, 2.05) is 23.9 Å². The molecule has 2 nitrogen and oxygen atoms in total. The van der Waals surface area contributed by atoms with Crippen LogP contribution in [0.4, 0.5) is 0 Å². The van der Waals surface area contributed by atoms with E-state index in [-0.39, 0.29) is 5.41 Å². The van der Waals surface area contributed by atoms with Gasteiger partial charge in [0.1, 0.15) is 0 Å². The number of pyridine rings is 1. The summed E-state index contributed by atoms with van der Waals surface area (Å²) in [7, 11) is 0.